The fourth-order valence-corrected chi connectivity index (χ4v) is 3.40. The fourth-order valence-electron chi connectivity index (χ4n) is 3.40. The summed E-state index contributed by atoms with van der Waals surface area (Å²) in [6, 6.07) is 0. The van der Waals surface area contributed by atoms with E-state index in [1.807, 2.05) is 0 Å². The molecule has 35 heavy (non-hydrogen) atoms. The third-order valence-electron chi connectivity index (χ3n) is 4.69. The Kier molecular flexibility index (Phi) is 9.25. The van der Waals surface area contributed by atoms with Crippen molar-refractivity contribution in [3.8, 4) is 0 Å². The second kappa shape index (κ2) is 11.7. The highest BCUT2D eigenvalue weighted by atomic mass is 19.1. The van der Waals surface area contributed by atoms with Gasteiger partial charge in [0.15, 0.2) is 30.6 Å². The summed E-state index contributed by atoms with van der Waals surface area (Å²) in [6.07, 6.45) is -8.61. The van der Waals surface area contributed by atoms with E-state index in [0.29, 0.717) is 10.8 Å². The molecule has 5 atom stereocenters. The quantitative estimate of drug-likeness (QED) is 0.314. The predicted octanol–water partition coefficient (Wildman–Crippen LogP) is -0.991. The summed E-state index contributed by atoms with van der Waals surface area (Å²) in [5.41, 5.74) is -2.66. The first kappa shape index (κ1) is 27.7. The molecular weight excluding hydrogens is 479 g/mol. The summed E-state index contributed by atoms with van der Waals surface area (Å²) >= 11 is 0. The molecule has 2 rings (SSSR count). The van der Waals surface area contributed by atoms with E-state index in [2.05, 4.69) is 4.74 Å². The Balaban J connectivity index is 2.80. The molecule has 194 valence electrons. The largest absolute Gasteiger partial charge is 0.467 e. The molecule has 0 unspecified atom stereocenters. The maximum Gasteiger partial charge on any atom is 0.339 e. The Hall–Kier alpha value is -3.59. The van der Waals surface area contributed by atoms with Crippen molar-refractivity contribution in [2.24, 2.45) is 0 Å². The van der Waals surface area contributed by atoms with Gasteiger partial charge in [-0.1, -0.05) is 0 Å². The molecule has 1 aliphatic rings. The maximum atomic E-state index is 14.5. The number of aromatic nitrogens is 2. The van der Waals surface area contributed by atoms with Gasteiger partial charge < -0.3 is 28.4 Å². The monoisotopic (exact) mass is 504 g/mol. The molecule has 1 aliphatic heterocycles. The first-order valence-electron chi connectivity index (χ1n) is 10.3. The van der Waals surface area contributed by atoms with E-state index < -0.39 is 78.3 Å². The first-order valence-corrected chi connectivity index (χ1v) is 10.3. The predicted molar refractivity (Wildman–Crippen MR) is 109 cm³/mol. The summed E-state index contributed by atoms with van der Waals surface area (Å²) in [5.74, 6) is -5.45. The summed E-state index contributed by atoms with van der Waals surface area (Å²) in [7, 11) is 0.966. The molecule has 1 saturated heterocycles. The summed E-state index contributed by atoms with van der Waals surface area (Å²) < 4.78 is 46.2. The molecule has 0 bridgehead atoms. The van der Waals surface area contributed by atoms with Gasteiger partial charge in [0.05, 0.1) is 13.3 Å². The van der Waals surface area contributed by atoms with Crippen LogP contribution in [0.5, 0.6) is 0 Å². The van der Waals surface area contributed by atoms with Crippen LogP contribution >= 0.6 is 0 Å². The summed E-state index contributed by atoms with van der Waals surface area (Å²) in [4.78, 5) is 73.7. The maximum absolute atomic E-state index is 14.5. The minimum Gasteiger partial charge on any atom is -0.467 e. The van der Waals surface area contributed by atoms with Crippen LogP contribution in [-0.4, -0.2) is 71.1 Å². The smallest absolute Gasteiger partial charge is 0.339 e. The van der Waals surface area contributed by atoms with Gasteiger partial charge in [-0.15, -0.1) is 0 Å². The number of rotatable bonds is 8. The van der Waals surface area contributed by atoms with Crippen molar-refractivity contribution in [2.75, 3.05) is 13.7 Å². The third-order valence-corrected chi connectivity index (χ3v) is 4.69. The Morgan fingerprint density at radius 3 is 2.03 bits per heavy atom. The summed E-state index contributed by atoms with van der Waals surface area (Å²) in [5, 5.41) is 0. The van der Waals surface area contributed by atoms with Gasteiger partial charge in [0.1, 0.15) is 6.73 Å². The van der Waals surface area contributed by atoms with Crippen molar-refractivity contribution in [3.05, 3.63) is 32.9 Å². The zero-order chi connectivity index (χ0) is 26.4. The highest BCUT2D eigenvalue weighted by molar-refractivity contribution is 5.77. The molecule has 0 radical (unpaired) electrons. The number of ether oxygens (including phenoxy) is 6. The van der Waals surface area contributed by atoms with Gasteiger partial charge in [-0.05, 0) is 6.92 Å². The number of hydrogen-bond acceptors (Lipinski definition) is 12. The Morgan fingerprint density at radius 2 is 1.51 bits per heavy atom. The van der Waals surface area contributed by atoms with E-state index in [-0.39, 0.29) is 11.2 Å². The van der Waals surface area contributed by atoms with Gasteiger partial charge in [-0.25, -0.2) is 14.2 Å². The van der Waals surface area contributed by atoms with Crippen LogP contribution in [0.2, 0.25) is 0 Å². The number of hydrogen-bond donors (Lipinski definition) is 0. The minimum absolute atomic E-state index is 0.145. The normalized spacial score (nSPS) is 23.8. The molecule has 0 aliphatic carbocycles. The van der Waals surface area contributed by atoms with Crippen LogP contribution in [0.4, 0.5) is 4.39 Å². The average Bonchev–Trinajstić information content (AvgIpc) is 2.77. The highest BCUT2D eigenvalue weighted by Crippen LogP contribution is 2.34. The lowest BCUT2D eigenvalue weighted by molar-refractivity contribution is -0.264. The van der Waals surface area contributed by atoms with Gasteiger partial charge in [0.25, 0.3) is 5.56 Å². The SMILES string of the molecule is CCOCn1cc(F)c(=O)n([C@@H]2O[C@H](C(=O)OC)[C@@H](OC(C)=O)[C@H](OC(C)=O)[C@H]2OC(C)=O)c1=O. The van der Waals surface area contributed by atoms with E-state index in [1.165, 1.54) is 0 Å². The summed E-state index contributed by atoms with van der Waals surface area (Å²) in [6.45, 7) is 4.20. The minimum atomic E-state index is -2.01. The van der Waals surface area contributed by atoms with Gasteiger partial charge in [0.2, 0.25) is 5.82 Å². The lowest BCUT2D eigenvalue weighted by Gasteiger charge is -2.43. The molecule has 1 aromatic heterocycles. The fraction of sp³-hybridized carbons (Fsp3) is 0.600. The zero-order valence-electron chi connectivity index (χ0n) is 19.5. The van der Waals surface area contributed by atoms with Crippen molar-refractivity contribution >= 4 is 23.9 Å². The standard InChI is InChI=1S/C20H25FN2O12/c1-6-31-8-22-7-12(21)17(27)23(20(22)29)18-15(34-11(4)26)13(32-9(2)24)14(33-10(3)25)16(35-18)19(28)30-5/h7,13-16,18H,6,8H2,1-5H3/t13-,14-,15+,16-,18+/m0/s1. The van der Waals surface area contributed by atoms with Crippen LogP contribution in [-0.2, 0) is 54.3 Å². The molecule has 14 nitrogen and oxygen atoms in total. The second-order valence-corrected chi connectivity index (χ2v) is 7.22. The van der Waals surface area contributed by atoms with Crippen LogP contribution < -0.4 is 11.2 Å². The van der Waals surface area contributed by atoms with Crippen molar-refractivity contribution in [1.29, 1.82) is 0 Å². The number of esters is 4. The van der Waals surface area contributed by atoms with Crippen molar-refractivity contribution in [2.45, 2.75) is 65.1 Å². The number of halogens is 1. The Morgan fingerprint density at radius 1 is 0.971 bits per heavy atom. The number of methoxy groups -OCH3 is 1. The molecule has 1 aromatic rings. The van der Waals surface area contributed by atoms with Crippen LogP contribution in [0.3, 0.4) is 0 Å². The number of nitrogens with zero attached hydrogens (tertiary/aromatic N) is 2. The second-order valence-electron chi connectivity index (χ2n) is 7.22. The molecule has 2 heterocycles. The third kappa shape index (κ3) is 6.30. The first-order chi connectivity index (χ1) is 16.4. The molecule has 0 N–H and O–H groups in total. The van der Waals surface area contributed by atoms with E-state index in [9.17, 15) is 33.2 Å². The average molecular weight is 504 g/mol. The Bertz CT molecular complexity index is 1100. The Labute approximate surface area is 197 Å². The van der Waals surface area contributed by atoms with Crippen molar-refractivity contribution in [1.82, 2.24) is 9.13 Å². The topological polar surface area (TPSA) is 168 Å². The van der Waals surface area contributed by atoms with E-state index in [0.717, 1.165) is 27.9 Å². The lowest BCUT2D eigenvalue weighted by atomic mass is 9.96. The molecular formula is C20H25FN2O12. The van der Waals surface area contributed by atoms with Crippen molar-refractivity contribution < 1.29 is 52.0 Å². The molecule has 0 spiro atoms. The molecule has 15 heteroatoms. The van der Waals surface area contributed by atoms with E-state index in [1.54, 1.807) is 6.92 Å². The van der Waals surface area contributed by atoms with E-state index >= 15 is 0 Å². The van der Waals surface area contributed by atoms with Crippen LogP contribution in [0.25, 0.3) is 0 Å². The zero-order valence-corrected chi connectivity index (χ0v) is 19.5. The van der Waals surface area contributed by atoms with Crippen LogP contribution in [0, 0.1) is 5.82 Å². The lowest BCUT2D eigenvalue weighted by Crippen LogP contribution is -2.64. The number of carbonyl (C=O) groups excluding carboxylic acids is 4. The van der Waals surface area contributed by atoms with E-state index in [4.69, 9.17) is 23.7 Å². The molecule has 0 amide bonds. The van der Waals surface area contributed by atoms with Gasteiger partial charge in [-0.2, -0.15) is 4.39 Å². The van der Waals surface area contributed by atoms with Crippen LogP contribution in [0.15, 0.2) is 15.8 Å². The van der Waals surface area contributed by atoms with Gasteiger partial charge >= 0.3 is 29.6 Å². The molecule has 0 saturated carbocycles. The van der Waals surface area contributed by atoms with Crippen LogP contribution in [0.1, 0.15) is 33.9 Å². The molecule has 0 aromatic carbocycles. The molecule has 1 fully saturated rings. The van der Waals surface area contributed by atoms with Crippen molar-refractivity contribution in [3.63, 3.8) is 0 Å². The van der Waals surface area contributed by atoms with Gasteiger partial charge in [-0.3, -0.25) is 23.7 Å². The number of carbonyl (C=O) groups is 4. The highest BCUT2D eigenvalue weighted by Gasteiger charge is 2.56. The van der Waals surface area contributed by atoms with Gasteiger partial charge in [0, 0.05) is 27.4 Å².